The number of amides is 2. The highest BCUT2D eigenvalue weighted by Crippen LogP contribution is 2.11. The van der Waals surface area contributed by atoms with Gasteiger partial charge >= 0.3 is 6.03 Å². The molecule has 0 aromatic carbocycles. The van der Waals surface area contributed by atoms with Gasteiger partial charge in [-0.1, -0.05) is 26.7 Å². The minimum atomic E-state index is 0.0327. The predicted octanol–water partition coefficient (Wildman–Crippen LogP) is 1.22. The maximum absolute atomic E-state index is 11.9. The van der Waals surface area contributed by atoms with Gasteiger partial charge in [-0.2, -0.15) is 0 Å². The molecule has 2 amide bonds. The van der Waals surface area contributed by atoms with Crippen LogP contribution in [0.25, 0.3) is 0 Å². The van der Waals surface area contributed by atoms with Crippen LogP contribution in [0.15, 0.2) is 0 Å². The van der Waals surface area contributed by atoms with E-state index in [1.807, 2.05) is 4.90 Å². The molecular weight excluding hydrogens is 254 g/mol. The number of unbranched alkanes of at least 4 members (excludes halogenated alkanes) is 1. The lowest BCUT2D eigenvalue weighted by Gasteiger charge is -2.38. The van der Waals surface area contributed by atoms with Gasteiger partial charge in [0.05, 0.1) is 6.04 Å². The van der Waals surface area contributed by atoms with Gasteiger partial charge in [0.2, 0.25) is 0 Å². The fourth-order valence-electron chi connectivity index (χ4n) is 2.53. The molecule has 20 heavy (non-hydrogen) atoms. The Morgan fingerprint density at radius 2 is 1.90 bits per heavy atom. The molecule has 6 heteroatoms. The molecule has 1 aliphatic heterocycles. The molecule has 1 saturated heterocycles. The van der Waals surface area contributed by atoms with Gasteiger partial charge < -0.3 is 16.0 Å². The van der Waals surface area contributed by atoms with E-state index in [4.69, 9.17) is 11.1 Å². The van der Waals surface area contributed by atoms with Crippen molar-refractivity contribution >= 4 is 11.9 Å². The Balaban J connectivity index is 2.38. The molecule has 0 saturated carbocycles. The molecule has 0 spiro atoms. The molecule has 1 aliphatic rings. The third-order valence-corrected chi connectivity index (χ3v) is 3.77. The van der Waals surface area contributed by atoms with Crippen molar-refractivity contribution in [3.8, 4) is 0 Å². The summed E-state index contributed by atoms with van der Waals surface area (Å²) in [6.45, 7) is 7.99. The number of hydrogen-bond acceptors (Lipinski definition) is 3. The van der Waals surface area contributed by atoms with Crippen LogP contribution in [0, 0.1) is 5.41 Å². The number of carbonyl (C=O) groups is 1. The van der Waals surface area contributed by atoms with E-state index in [1.54, 1.807) is 0 Å². The van der Waals surface area contributed by atoms with E-state index in [1.165, 1.54) is 0 Å². The van der Waals surface area contributed by atoms with Crippen LogP contribution in [0.3, 0.4) is 0 Å². The molecule has 0 bridgehead atoms. The van der Waals surface area contributed by atoms with Crippen molar-refractivity contribution in [3.05, 3.63) is 0 Å². The average molecular weight is 283 g/mol. The topological polar surface area (TPSA) is 85.5 Å². The normalized spacial score (nSPS) is 17.8. The molecule has 0 aromatic heterocycles. The second kappa shape index (κ2) is 8.79. The minimum Gasteiger partial charge on any atom is -0.386 e. The largest absolute Gasteiger partial charge is 0.386 e. The first-order valence-corrected chi connectivity index (χ1v) is 7.70. The quantitative estimate of drug-likeness (QED) is 0.373. The standard InChI is InChI=1S/C14H29N5O/c1-3-5-7-17-14(20)19-10-8-18(9-11-19)12(6-4-2)13(15)16/h12H,3-11H2,1-2H3,(H3,15,16)(H,17,20). The third kappa shape index (κ3) is 5.00. The smallest absolute Gasteiger partial charge is 0.317 e. The van der Waals surface area contributed by atoms with Crippen molar-refractivity contribution in [1.29, 1.82) is 5.41 Å². The average Bonchev–Trinajstić information content (AvgIpc) is 2.45. The summed E-state index contributed by atoms with van der Waals surface area (Å²) in [6, 6.07) is 0.0678. The van der Waals surface area contributed by atoms with Gasteiger partial charge in [0.25, 0.3) is 0 Å². The van der Waals surface area contributed by atoms with Gasteiger partial charge in [-0.15, -0.1) is 0 Å². The molecule has 0 aromatic rings. The summed E-state index contributed by atoms with van der Waals surface area (Å²) < 4.78 is 0. The van der Waals surface area contributed by atoms with Crippen LogP contribution in [-0.2, 0) is 0 Å². The Morgan fingerprint density at radius 3 is 2.40 bits per heavy atom. The van der Waals surface area contributed by atoms with Gasteiger partial charge in [0.1, 0.15) is 5.84 Å². The fraction of sp³-hybridized carbons (Fsp3) is 0.857. The molecule has 6 nitrogen and oxygen atoms in total. The number of nitrogens with zero attached hydrogens (tertiary/aromatic N) is 2. The molecule has 0 radical (unpaired) electrons. The van der Waals surface area contributed by atoms with Crippen molar-refractivity contribution in [1.82, 2.24) is 15.1 Å². The highest BCUT2D eigenvalue weighted by atomic mass is 16.2. The summed E-state index contributed by atoms with van der Waals surface area (Å²) in [5.74, 6) is 0.243. The molecular formula is C14H29N5O. The zero-order valence-electron chi connectivity index (χ0n) is 12.8. The lowest BCUT2D eigenvalue weighted by molar-refractivity contribution is 0.124. The number of hydrogen-bond donors (Lipinski definition) is 3. The number of amidine groups is 1. The minimum absolute atomic E-state index is 0.0327. The van der Waals surface area contributed by atoms with Gasteiger partial charge in [-0.3, -0.25) is 10.3 Å². The van der Waals surface area contributed by atoms with Crippen LogP contribution < -0.4 is 11.1 Å². The fourth-order valence-corrected chi connectivity index (χ4v) is 2.53. The van der Waals surface area contributed by atoms with E-state index in [-0.39, 0.29) is 17.9 Å². The summed E-state index contributed by atoms with van der Waals surface area (Å²) in [6.07, 6.45) is 4.04. The monoisotopic (exact) mass is 283 g/mol. The SMILES string of the molecule is CCCCNC(=O)N1CCN(C(CCC)C(=N)N)CC1. The second-order valence-electron chi connectivity index (χ2n) is 5.37. The van der Waals surface area contributed by atoms with Gasteiger partial charge in [0, 0.05) is 32.7 Å². The molecule has 1 atom stereocenters. The van der Waals surface area contributed by atoms with E-state index in [0.717, 1.165) is 45.3 Å². The Labute approximate surface area is 122 Å². The maximum atomic E-state index is 11.9. The molecule has 1 heterocycles. The van der Waals surface area contributed by atoms with Crippen LogP contribution in [0.1, 0.15) is 39.5 Å². The third-order valence-electron chi connectivity index (χ3n) is 3.77. The number of urea groups is 1. The number of rotatable bonds is 7. The molecule has 0 aliphatic carbocycles. The molecule has 116 valence electrons. The van der Waals surface area contributed by atoms with Crippen molar-refractivity contribution in [2.24, 2.45) is 5.73 Å². The van der Waals surface area contributed by atoms with Crippen molar-refractivity contribution < 1.29 is 4.79 Å². The number of nitrogens with two attached hydrogens (primary N) is 1. The lowest BCUT2D eigenvalue weighted by Crippen LogP contribution is -2.56. The predicted molar refractivity (Wildman–Crippen MR) is 82.1 cm³/mol. The summed E-state index contributed by atoms with van der Waals surface area (Å²) in [7, 11) is 0. The van der Waals surface area contributed by atoms with E-state index < -0.39 is 0 Å². The Morgan fingerprint density at radius 1 is 1.25 bits per heavy atom. The van der Waals surface area contributed by atoms with Crippen LogP contribution in [0.5, 0.6) is 0 Å². The highest BCUT2D eigenvalue weighted by Gasteiger charge is 2.26. The zero-order chi connectivity index (χ0) is 15.0. The van der Waals surface area contributed by atoms with Crippen LogP contribution >= 0.6 is 0 Å². The Bertz CT molecular complexity index is 313. The first-order valence-electron chi connectivity index (χ1n) is 7.70. The van der Waals surface area contributed by atoms with E-state index in [9.17, 15) is 4.79 Å². The summed E-state index contributed by atoms with van der Waals surface area (Å²) in [5, 5.41) is 10.6. The lowest BCUT2D eigenvalue weighted by atomic mass is 10.1. The molecule has 1 unspecified atom stereocenters. The van der Waals surface area contributed by atoms with E-state index in [0.29, 0.717) is 13.1 Å². The van der Waals surface area contributed by atoms with Gasteiger partial charge in [0.15, 0.2) is 0 Å². The van der Waals surface area contributed by atoms with Crippen LogP contribution in [-0.4, -0.2) is 60.4 Å². The Kier molecular flexibility index (Phi) is 7.36. The first kappa shape index (κ1) is 16.8. The molecule has 4 N–H and O–H groups in total. The number of carbonyl (C=O) groups excluding carboxylic acids is 1. The highest BCUT2D eigenvalue weighted by molar-refractivity contribution is 5.82. The van der Waals surface area contributed by atoms with E-state index >= 15 is 0 Å². The van der Waals surface area contributed by atoms with Crippen molar-refractivity contribution in [2.45, 2.75) is 45.6 Å². The van der Waals surface area contributed by atoms with Gasteiger partial charge in [-0.05, 0) is 12.8 Å². The number of nitrogens with one attached hydrogen (secondary N) is 2. The molecule has 1 rings (SSSR count). The summed E-state index contributed by atoms with van der Waals surface area (Å²) >= 11 is 0. The van der Waals surface area contributed by atoms with E-state index in [2.05, 4.69) is 24.1 Å². The molecule has 1 fully saturated rings. The first-order chi connectivity index (χ1) is 9.60. The zero-order valence-corrected chi connectivity index (χ0v) is 12.8. The van der Waals surface area contributed by atoms with Crippen molar-refractivity contribution in [3.63, 3.8) is 0 Å². The van der Waals surface area contributed by atoms with Crippen molar-refractivity contribution in [2.75, 3.05) is 32.7 Å². The summed E-state index contributed by atoms with van der Waals surface area (Å²) in [5.41, 5.74) is 5.68. The maximum Gasteiger partial charge on any atom is 0.317 e. The Hall–Kier alpha value is -1.30. The van der Waals surface area contributed by atoms with Crippen LogP contribution in [0.2, 0.25) is 0 Å². The second-order valence-corrected chi connectivity index (χ2v) is 5.37. The summed E-state index contributed by atoms with van der Waals surface area (Å²) in [4.78, 5) is 16.0. The number of piperazine rings is 1. The van der Waals surface area contributed by atoms with Crippen LogP contribution in [0.4, 0.5) is 4.79 Å². The van der Waals surface area contributed by atoms with Gasteiger partial charge in [-0.25, -0.2) is 4.79 Å².